The SMILES string of the molecule is Cc1c(C(=O)NC2CCSc3ccc(Cl)cc32)nnn1C1CCNCC1.Cl. The van der Waals surface area contributed by atoms with Crippen LogP contribution in [0.1, 0.15) is 53.1 Å². The van der Waals surface area contributed by atoms with E-state index in [9.17, 15) is 4.79 Å². The van der Waals surface area contributed by atoms with Gasteiger partial charge in [0.2, 0.25) is 0 Å². The van der Waals surface area contributed by atoms with Gasteiger partial charge in [-0.15, -0.1) is 29.3 Å². The van der Waals surface area contributed by atoms with Crippen LogP contribution in [-0.2, 0) is 0 Å². The second-order valence-corrected chi connectivity index (χ2v) is 8.37. The number of nitrogens with zero attached hydrogens (tertiary/aromatic N) is 3. The number of rotatable bonds is 3. The Bertz CT molecular complexity index is 822. The van der Waals surface area contributed by atoms with E-state index in [0.29, 0.717) is 16.8 Å². The number of piperidine rings is 1. The van der Waals surface area contributed by atoms with Gasteiger partial charge in [0.05, 0.1) is 17.8 Å². The minimum atomic E-state index is -0.162. The Balaban J connectivity index is 0.00000210. The van der Waals surface area contributed by atoms with Gasteiger partial charge in [0.25, 0.3) is 5.91 Å². The number of benzene rings is 1. The van der Waals surface area contributed by atoms with E-state index in [4.69, 9.17) is 11.6 Å². The third-order valence-electron chi connectivity index (χ3n) is 5.11. The highest BCUT2D eigenvalue weighted by molar-refractivity contribution is 7.99. The maximum absolute atomic E-state index is 12.8. The molecular formula is C18H23Cl2N5OS. The van der Waals surface area contributed by atoms with E-state index in [1.54, 1.807) is 11.8 Å². The molecule has 27 heavy (non-hydrogen) atoms. The summed E-state index contributed by atoms with van der Waals surface area (Å²) in [5.41, 5.74) is 2.35. The molecule has 3 heterocycles. The van der Waals surface area contributed by atoms with Crippen molar-refractivity contribution in [2.24, 2.45) is 0 Å². The Morgan fingerprint density at radius 2 is 2.11 bits per heavy atom. The standard InChI is InChI=1S/C18H22ClN5OS.ClH/c1-11-17(22-23-24(11)13-4-7-20-8-5-13)18(25)21-15-6-9-26-16-3-2-12(19)10-14(15)16;/h2-3,10,13,15,20H,4-9H2,1H3,(H,21,25);1H. The molecule has 146 valence electrons. The molecule has 0 spiro atoms. The van der Waals surface area contributed by atoms with Crippen molar-refractivity contribution in [2.75, 3.05) is 18.8 Å². The van der Waals surface area contributed by atoms with Crippen LogP contribution < -0.4 is 10.6 Å². The first kappa shape index (κ1) is 20.5. The number of halogens is 2. The summed E-state index contributed by atoms with van der Waals surface area (Å²) in [6, 6.07) is 6.15. The summed E-state index contributed by atoms with van der Waals surface area (Å²) in [6.07, 6.45) is 2.90. The average Bonchev–Trinajstić information content (AvgIpc) is 3.04. The normalized spacial score (nSPS) is 19.9. The van der Waals surface area contributed by atoms with Gasteiger partial charge in [0.1, 0.15) is 0 Å². The monoisotopic (exact) mass is 427 g/mol. The fraction of sp³-hybridized carbons (Fsp3) is 0.500. The van der Waals surface area contributed by atoms with Gasteiger partial charge in [0, 0.05) is 15.7 Å². The molecule has 2 aliphatic rings. The molecule has 2 N–H and O–H groups in total. The van der Waals surface area contributed by atoms with Gasteiger partial charge in [-0.1, -0.05) is 16.8 Å². The predicted octanol–water partition coefficient (Wildman–Crippen LogP) is 3.55. The van der Waals surface area contributed by atoms with Gasteiger partial charge in [-0.3, -0.25) is 4.79 Å². The van der Waals surface area contributed by atoms with Crippen molar-refractivity contribution in [3.63, 3.8) is 0 Å². The molecule has 1 unspecified atom stereocenters. The van der Waals surface area contributed by atoms with Crippen molar-refractivity contribution >= 4 is 41.7 Å². The molecule has 0 saturated carbocycles. The van der Waals surface area contributed by atoms with Gasteiger partial charge >= 0.3 is 0 Å². The van der Waals surface area contributed by atoms with Crippen molar-refractivity contribution in [2.45, 2.75) is 43.2 Å². The summed E-state index contributed by atoms with van der Waals surface area (Å²) in [6.45, 7) is 3.88. The van der Waals surface area contributed by atoms with Crippen molar-refractivity contribution in [3.8, 4) is 0 Å². The van der Waals surface area contributed by atoms with Crippen LogP contribution in [0.4, 0.5) is 0 Å². The second kappa shape index (κ2) is 8.82. The number of thioether (sulfide) groups is 1. The van der Waals surface area contributed by atoms with Crippen molar-refractivity contribution in [3.05, 3.63) is 40.2 Å². The lowest BCUT2D eigenvalue weighted by Gasteiger charge is -2.26. The minimum absolute atomic E-state index is 0. The molecule has 0 aliphatic carbocycles. The number of nitrogens with one attached hydrogen (secondary N) is 2. The van der Waals surface area contributed by atoms with Crippen molar-refractivity contribution in [1.29, 1.82) is 0 Å². The first-order valence-electron chi connectivity index (χ1n) is 8.99. The van der Waals surface area contributed by atoms with Crippen LogP contribution in [0.15, 0.2) is 23.1 Å². The minimum Gasteiger partial charge on any atom is -0.344 e. The third kappa shape index (κ3) is 4.26. The van der Waals surface area contributed by atoms with Crippen LogP contribution >= 0.6 is 35.8 Å². The lowest BCUT2D eigenvalue weighted by molar-refractivity contribution is 0.0929. The van der Waals surface area contributed by atoms with Crippen LogP contribution in [0.2, 0.25) is 5.02 Å². The first-order chi connectivity index (χ1) is 12.6. The Hall–Kier alpha value is -1.28. The van der Waals surface area contributed by atoms with Crippen LogP contribution in [0.3, 0.4) is 0 Å². The molecule has 1 atom stereocenters. The summed E-state index contributed by atoms with van der Waals surface area (Å²) < 4.78 is 1.91. The first-order valence-corrected chi connectivity index (χ1v) is 10.4. The van der Waals surface area contributed by atoms with Crippen LogP contribution in [-0.4, -0.2) is 39.7 Å². The number of amides is 1. The number of hydrogen-bond acceptors (Lipinski definition) is 5. The highest BCUT2D eigenvalue weighted by atomic mass is 35.5. The maximum Gasteiger partial charge on any atom is 0.274 e. The van der Waals surface area contributed by atoms with E-state index in [1.807, 2.05) is 29.8 Å². The summed E-state index contributed by atoms with van der Waals surface area (Å²) in [5, 5.41) is 15.6. The summed E-state index contributed by atoms with van der Waals surface area (Å²) in [4.78, 5) is 14.0. The predicted molar refractivity (Wildman–Crippen MR) is 110 cm³/mol. The Labute approximate surface area is 174 Å². The van der Waals surface area contributed by atoms with Gasteiger partial charge in [-0.2, -0.15) is 0 Å². The second-order valence-electron chi connectivity index (χ2n) is 6.79. The van der Waals surface area contributed by atoms with E-state index in [-0.39, 0.29) is 24.4 Å². The molecule has 0 radical (unpaired) electrons. The largest absolute Gasteiger partial charge is 0.344 e. The number of carbonyl (C=O) groups is 1. The highest BCUT2D eigenvalue weighted by Crippen LogP contribution is 2.37. The summed E-state index contributed by atoms with van der Waals surface area (Å²) in [5.74, 6) is 0.811. The molecular weight excluding hydrogens is 405 g/mol. The van der Waals surface area contributed by atoms with Crippen LogP contribution in [0.25, 0.3) is 0 Å². The Kier molecular flexibility index (Phi) is 6.68. The van der Waals surface area contributed by atoms with E-state index in [2.05, 4.69) is 20.9 Å². The lowest BCUT2D eigenvalue weighted by atomic mass is 10.0. The van der Waals surface area contributed by atoms with Crippen molar-refractivity contribution in [1.82, 2.24) is 25.6 Å². The molecule has 1 aromatic heterocycles. The van der Waals surface area contributed by atoms with Crippen LogP contribution in [0, 0.1) is 6.92 Å². The molecule has 1 aromatic carbocycles. The molecule has 2 aliphatic heterocycles. The fourth-order valence-corrected chi connectivity index (χ4v) is 4.98. The van der Waals surface area contributed by atoms with Gasteiger partial charge in [0.15, 0.2) is 5.69 Å². The summed E-state index contributed by atoms with van der Waals surface area (Å²) in [7, 11) is 0. The molecule has 4 rings (SSSR count). The van der Waals surface area contributed by atoms with E-state index >= 15 is 0 Å². The molecule has 9 heteroatoms. The zero-order valence-electron chi connectivity index (χ0n) is 15.1. The lowest BCUT2D eigenvalue weighted by Crippen LogP contribution is -2.32. The molecule has 2 aromatic rings. The maximum atomic E-state index is 12.8. The summed E-state index contributed by atoms with van der Waals surface area (Å²) >= 11 is 7.96. The molecule has 1 saturated heterocycles. The average molecular weight is 428 g/mol. The van der Waals surface area contributed by atoms with Gasteiger partial charge in [-0.25, -0.2) is 4.68 Å². The van der Waals surface area contributed by atoms with Crippen LogP contribution in [0.5, 0.6) is 0 Å². The van der Waals surface area contributed by atoms with Gasteiger partial charge < -0.3 is 10.6 Å². The zero-order chi connectivity index (χ0) is 18.1. The highest BCUT2D eigenvalue weighted by Gasteiger charge is 2.27. The van der Waals surface area contributed by atoms with E-state index in [1.165, 1.54) is 4.90 Å². The number of fused-ring (bicyclic) bond motifs is 1. The fourth-order valence-electron chi connectivity index (χ4n) is 3.69. The van der Waals surface area contributed by atoms with Crippen molar-refractivity contribution < 1.29 is 4.79 Å². The smallest absolute Gasteiger partial charge is 0.274 e. The van der Waals surface area contributed by atoms with Gasteiger partial charge in [-0.05, 0) is 63.0 Å². The quantitative estimate of drug-likeness (QED) is 0.783. The van der Waals surface area contributed by atoms with E-state index in [0.717, 1.165) is 49.4 Å². The number of hydrogen-bond donors (Lipinski definition) is 2. The molecule has 6 nitrogen and oxygen atoms in total. The number of aromatic nitrogens is 3. The Morgan fingerprint density at radius 3 is 2.89 bits per heavy atom. The van der Waals surface area contributed by atoms with E-state index < -0.39 is 0 Å². The topological polar surface area (TPSA) is 71.8 Å². The third-order valence-corrected chi connectivity index (χ3v) is 6.47. The zero-order valence-corrected chi connectivity index (χ0v) is 17.5. The Morgan fingerprint density at radius 1 is 1.33 bits per heavy atom. The molecule has 1 fully saturated rings. The molecule has 0 bridgehead atoms. The molecule has 1 amide bonds. The number of carbonyl (C=O) groups excluding carboxylic acids is 1.